The molecular weight excluding hydrogens is 311 g/mol. The Kier molecular flexibility index (Phi) is 2.89. The fourth-order valence-electron chi connectivity index (χ4n) is 2.13. The van der Waals surface area contributed by atoms with E-state index >= 15 is 0 Å². The van der Waals surface area contributed by atoms with Crippen LogP contribution in [0.2, 0.25) is 0 Å². The van der Waals surface area contributed by atoms with E-state index in [9.17, 15) is 4.39 Å². The molecule has 19 heavy (non-hydrogen) atoms. The lowest BCUT2D eigenvalue weighted by Crippen LogP contribution is -1.89. The number of hydrogen-bond donors (Lipinski definition) is 1. The fourth-order valence-corrected chi connectivity index (χ4v) is 2.46. The molecule has 0 saturated heterocycles. The molecule has 2 heterocycles. The average Bonchev–Trinajstić information content (AvgIpc) is 2.93. The number of aromatic amines is 1. The zero-order chi connectivity index (χ0) is 13.6. The Hall–Kier alpha value is -1.69. The molecule has 0 atom stereocenters. The number of aromatic nitrogens is 4. The van der Waals surface area contributed by atoms with Crippen LogP contribution in [0.4, 0.5) is 4.39 Å². The van der Waals surface area contributed by atoms with Gasteiger partial charge in [-0.25, -0.2) is 9.37 Å². The van der Waals surface area contributed by atoms with Crippen molar-refractivity contribution in [1.82, 2.24) is 19.7 Å². The van der Waals surface area contributed by atoms with Crippen LogP contribution in [0.15, 0.2) is 22.8 Å². The molecule has 0 spiro atoms. The highest BCUT2D eigenvalue weighted by atomic mass is 79.9. The predicted molar refractivity (Wildman–Crippen MR) is 75.3 cm³/mol. The van der Waals surface area contributed by atoms with Crippen molar-refractivity contribution in [3.8, 4) is 11.4 Å². The van der Waals surface area contributed by atoms with Crippen molar-refractivity contribution < 1.29 is 4.39 Å². The van der Waals surface area contributed by atoms with Crippen molar-refractivity contribution in [2.24, 2.45) is 7.05 Å². The third-order valence-electron chi connectivity index (χ3n) is 3.02. The third kappa shape index (κ3) is 2.06. The summed E-state index contributed by atoms with van der Waals surface area (Å²) in [6.07, 6.45) is 2.74. The molecule has 0 unspecified atom stereocenters. The van der Waals surface area contributed by atoms with E-state index in [1.165, 1.54) is 6.07 Å². The van der Waals surface area contributed by atoms with Gasteiger partial charge in [0.05, 0.1) is 26.8 Å². The largest absolute Gasteiger partial charge is 0.338 e. The lowest BCUT2D eigenvalue weighted by molar-refractivity contribution is 0.623. The Labute approximate surface area is 117 Å². The molecule has 0 aliphatic heterocycles. The summed E-state index contributed by atoms with van der Waals surface area (Å²) in [5.74, 6) is 0.419. The first kappa shape index (κ1) is 12.3. The smallest absolute Gasteiger partial charge is 0.141 e. The van der Waals surface area contributed by atoms with Gasteiger partial charge < -0.3 is 4.98 Å². The van der Waals surface area contributed by atoms with Gasteiger partial charge in [-0.3, -0.25) is 4.68 Å². The Morgan fingerprint density at radius 2 is 2.21 bits per heavy atom. The number of fused-ring (bicyclic) bond motifs is 1. The van der Waals surface area contributed by atoms with Crippen molar-refractivity contribution in [3.05, 3.63) is 34.3 Å². The molecule has 0 bridgehead atoms. The number of imidazole rings is 1. The highest BCUT2D eigenvalue weighted by Crippen LogP contribution is 2.26. The second kappa shape index (κ2) is 4.45. The Morgan fingerprint density at radius 1 is 1.42 bits per heavy atom. The molecule has 0 saturated carbocycles. The summed E-state index contributed by atoms with van der Waals surface area (Å²) < 4.78 is 15.7. The molecule has 98 valence electrons. The van der Waals surface area contributed by atoms with Crippen LogP contribution in [0.3, 0.4) is 0 Å². The van der Waals surface area contributed by atoms with Crippen molar-refractivity contribution in [2.75, 3.05) is 0 Å². The van der Waals surface area contributed by atoms with Crippen LogP contribution < -0.4 is 0 Å². The molecule has 1 N–H and O–H groups in total. The zero-order valence-corrected chi connectivity index (χ0v) is 12.1. The first-order chi connectivity index (χ1) is 9.08. The number of rotatable bonds is 2. The normalized spacial score (nSPS) is 11.4. The summed E-state index contributed by atoms with van der Waals surface area (Å²) in [4.78, 5) is 7.64. The highest BCUT2D eigenvalue weighted by Gasteiger charge is 2.13. The van der Waals surface area contributed by atoms with Gasteiger partial charge in [-0.05, 0) is 28.4 Å². The van der Waals surface area contributed by atoms with Gasteiger partial charge in [0.25, 0.3) is 0 Å². The van der Waals surface area contributed by atoms with Gasteiger partial charge >= 0.3 is 0 Å². The standard InChI is InChI=1S/C13H12BrFN4/c1-3-10-7(6-19(2)18-10)13-16-11-4-8(14)9(15)5-12(11)17-13/h4-6H,3H2,1-2H3,(H,16,17). The minimum atomic E-state index is -0.301. The lowest BCUT2D eigenvalue weighted by atomic mass is 10.2. The Balaban J connectivity index is 2.20. The predicted octanol–water partition coefficient (Wildman–Crippen LogP) is 3.43. The second-order valence-electron chi connectivity index (χ2n) is 4.39. The number of nitrogens with zero attached hydrogens (tertiary/aromatic N) is 3. The summed E-state index contributed by atoms with van der Waals surface area (Å²) in [6.45, 7) is 2.05. The molecule has 1 aromatic carbocycles. The van der Waals surface area contributed by atoms with E-state index in [4.69, 9.17) is 0 Å². The molecule has 2 aromatic heterocycles. The fraction of sp³-hybridized carbons (Fsp3) is 0.231. The minimum Gasteiger partial charge on any atom is -0.338 e. The van der Waals surface area contributed by atoms with Crippen molar-refractivity contribution in [2.45, 2.75) is 13.3 Å². The number of benzene rings is 1. The monoisotopic (exact) mass is 322 g/mol. The van der Waals surface area contributed by atoms with Gasteiger partial charge in [-0.15, -0.1) is 0 Å². The first-order valence-corrected chi connectivity index (χ1v) is 6.75. The molecule has 0 aliphatic carbocycles. The second-order valence-corrected chi connectivity index (χ2v) is 5.24. The molecule has 3 rings (SSSR count). The number of halogens is 2. The molecule has 0 fully saturated rings. The van der Waals surface area contributed by atoms with Crippen LogP contribution in [-0.2, 0) is 13.5 Å². The number of aryl methyl sites for hydroxylation is 2. The number of nitrogens with one attached hydrogen (secondary N) is 1. The maximum Gasteiger partial charge on any atom is 0.141 e. The van der Waals surface area contributed by atoms with E-state index in [-0.39, 0.29) is 5.82 Å². The van der Waals surface area contributed by atoms with Crippen molar-refractivity contribution >= 4 is 27.0 Å². The zero-order valence-electron chi connectivity index (χ0n) is 10.5. The van der Waals surface area contributed by atoms with Crippen LogP contribution in [0.25, 0.3) is 22.4 Å². The van der Waals surface area contributed by atoms with Gasteiger partial charge in [0.2, 0.25) is 0 Å². The molecule has 3 aromatic rings. The van der Waals surface area contributed by atoms with Crippen molar-refractivity contribution in [1.29, 1.82) is 0 Å². The maximum absolute atomic E-state index is 13.5. The van der Waals surface area contributed by atoms with E-state index in [1.807, 2.05) is 20.2 Å². The average molecular weight is 323 g/mol. The van der Waals surface area contributed by atoms with Gasteiger partial charge in [-0.2, -0.15) is 5.10 Å². The number of H-pyrrole nitrogens is 1. The Bertz CT molecular complexity index is 720. The topological polar surface area (TPSA) is 46.5 Å². The van der Waals surface area contributed by atoms with Crippen LogP contribution in [-0.4, -0.2) is 19.7 Å². The van der Waals surface area contributed by atoms with E-state index in [1.54, 1.807) is 10.7 Å². The van der Waals surface area contributed by atoms with E-state index in [0.717, 1.165) is 29.0 Å². The molecule has 4 nitrogen and oxygen atoms in total. The molecule has 0 aliphatic rings. The number of hydrogen-bond acceptors (Lipinski definition) is 2. The van der Waals surface area contributed by atoms with Crippen LogP contribution in [0, 0.1) is 5.82 Å². The lowest BCUT2D eigenvalue weighted by Gasteiger charge is -1.93. The van der Waals surface area contributed by atoms with E-state index in [2.05, 4.69) is 31.0 Å². The molecule has 0 amide bonds. The van der Waals surface area contributed by atoms with Gasteiger partial charge in [0, 0.05) is 19.3 Å². The molecular formula is C13H12BrFN4. The van der Waals surface area contributed by atoms with Gasteiger partial charge in [0.1, 0.15) is 11.6 Å². The highest BCUT2D eigenvalue weighted by molar-refractivity contribution is 9.10. The summed E-state index contributed by atoms with van der Waals surface area (Å²) in [7, 11) is 1.88. The summed E-state index contributed by atoms with van der Waals surface area (Å²) in [5, 5.41) is 4.38. The maximum atomic E-state index is 13.5. The SMILES string of the molecule is CCc1nn(C)cc1-c1nc2cc(Br)c(F)cc2[nH]1. The van der Waals surface area contributed by atoms with E-state index in [0.29, 0.717) is 9.99 Å². The van der Waals surface area contributed by atoms with E-state index < -0.39 is 0 Å². The third-order valence-corrected chi connectivity index (χ3v) is 3.63. The summed E-state index contributed by atoms with van der Waals surface area (Å²) >= 11 is 3.17. The van der Waals surface area contributed by atoms with Crippen LogP contribution >= 0.6 is 15.9 Å². The molecule has 0 radical (unpaired) electrons. The first-order valence-electron chi connectivity index (χ1n) is 5.96. The quantitative estimate of drug-likeness (QED) is 0.785. The molecule has 6 heteroatoms. The van der Waals surface area contributed by atoms with Gasteiger partial charge in [0.15, 0.2) is 0 Å². The van der Waals surface area contributed by atoms with Crippen molar-refractivity contribution in [3.63, 3.8) is 0 Å². The van der Waals surface area contributed by atoms with Crippen LogP contribution in [0.1, 0.15) is 12.6 Å². The summed E-state index contributed by atoms with van der Waals surface area (Å²) in [5.41, 5.74) is 3.34. The minimum absolute atomic E-state index is 0.301. The Morgan fingerprint density at radius 3 is 2.95 bits per heavy atom. The summed E-state index contributed by atoms with van der Waals surface area (Å²) in [6, 6.07) is 3.12. The van der Waals surface area contributed by atoms with Crippen LogP contribution in [0.5, 0.6) is 0 Å². The van der Waals surface area contributed by atoms with Gasteiger partial charge in [-0.1, -0.05) is 6.92 Å².